The van der Waals surface area contributed by atoms with Gasteiger partial charge in [0.25, 0.3) is 0 Å². The Labute approximate surface area is 159 Å². The van der Waals surface area contributed by atoms with Gasteiger partial charge in [-0.05, 0) is 31.4 Å². The molecular formula is C17H26N3O6S+. The number of morpholine rings is 1. The molecule has 2 heterocycles. The summed E-state index contributed by atoms with van der Waals surface area (Å²) < 4.78 is 37.5. The third kappa shape index (κ3) is 4.95. The van der Waals surface area contributed by atoms with Crippen molar-refractivity contribution >= 4 is 15.7 Å². The molecule has 0 atom stereocenters. The van der Waals surface area contributed by atoms with E-state index in [4.69, 9.17) is 9.47 Å². The van der Waals surface area contributed by atoms with E-state index in [2.05, 4.69) is 0 Å². The summed E-state index contributed by atoms with van der Waals surface area (Å²) in [5.74, 6) is 0.109. The molecule has 2 aliphatic rings. The molecule has 0 spiro atoms. The molecule has 1 aromatic rings. The lowest BCUT2D eigenvalue weighted by molar-refractivity contribution is -0.904. The van der Waals surface area contributed by atoms with Gasteiger partial charge in [0.1, 0.15) is 13.2 Å². The number of hydrogen-bond donors (Lipinski definition) is 1. The Morgan fingerprint density at radius 3 is 2.56 bits per heavy atom. The van der Waals surface area contributed by atoms with Gasteiger partial charge in [0.15, 0.2) is 5.75 Å². The van der Waals surface area contributed by atoms with Crippen molar-refractivity contribution in [1.29, 1.82) is 0 Å². The monoisotopic (exact) mass is 400 g/mol. The fraction of sp³-hybridized carbons (Fsp3) is 0.647. The molecule has 0 aliphatic carbocycles. The zero-order chi connectivity index (χ0) is 19.3. The van der Waals surface area contributed by atoms with Gasteiger partial charge >= 0.3 is 5.69 Å². The Balaban J connectivity index is 1.71. The number of likely N-dealkylation sites (tertiary alicyclic amines) is 1. The SMILES string of the molecule is O=[N+]([O-])c1cc(S(=O)(=O)N2CCOCC2)ccc1OCC[NH+]1CCCCC1. The number of nitro benzene ring substituents is 1. The van der Waals surface area contributed by atoms with Crippen LogP contribution in [-0.4, -0.2) is 70.2 Å². The average Bonchev–Trinajstić information content (AvgIpc) is 2.69. The fourth-order valence-electron chi connectivity index (χ4n) is 3.47. The second-order valence-electron chi connectivity index (χ2n) is 6.81. The van der Waals surface area contributed by atoms with Crippen molar-refractivity contribution in [3.8, 4) is 5.75 Å². The summed E-state index contributed by atoms with van der Waals surface area (Å²) in [5, 5.41) is 11.4. The van der Waals surface area contributed by atoms with Gasteiger partial charge in [0.05, 0.1) is 36.1 Å². The molecule has 3 rings (SSSR count). The van der Waals surface area contributed by atoms with Crippen molar-refractivity contribution in [2.24, 2.45) is 0 Å². The van der Waals surface area contributed by atoms with Gasteiger partial charge in [0.2, 0.25) is 10.0 Å². The zero-order valence-corrected chi connectivity index (χ0v) is 16.1. The zero-order valence-electron chi connectivity index (χ0n) is 15.3. The summed E-state index contributed by atoms with van der Waals surface area (Å²) in [6.45, 7) is 4.48. The van der Waals surface area contributed by atoms with Crippen LogP contribution >= 0.6 is 0 Å². The van der Waals surface area contributed by atoms with Crippen molar-refractivity contribution in [3.05, 3.63) is 28.3 Å². The van der Waals surface area contributed by atoms with E-state index in [1.165, 1.54) is 40.6 Å². The first-order valence-corrected chi connectivity index (χ1v) is 10.8. The summed E-state index contributed by atoms with van der Waals surface area (Å²) in [6.07, 6.45) is 3.65. The van der Waals surface area contributed by atoms with Gasteiger partial charge in [-0.2, -0.15) is 4.31 Å². The number of ether oxygens (including phenoxy) is 2. The van der Waals surface area contributed by atoms with Gasteiger partial charge in [-0.1, -0.05) is 0 Å². The van der Waals surface area contributed by atoms with Crippen molar-refractivity contribution in [3.63, 3.8) is 0 Å². The molecule has 1 N–H and O–H groups in total. The number of nitrogens with zero attached hydrogens (tertiary/aromatic N) is 2. The first-order chi connectivity index (χ1) is 13.0. The summed E-state index contributed by atoms with van der Waals surface area (Å²) in [4.78, 5) is 12.2. The van der Waals surface area contributed by atoms with Crippen LogP contribution in [0.5, 0.6) is 5.75 Å². The molecular weight excluding hydrogens is 374 g/mol. The number of benzene rings is 1. The van der Waals surface area contributed by atoms with Gasteiger partial charge < -0.3 is 14.4 Å². The maximum Gasteiger partial charge on any atom is 0.312 e. The third-order valence-electron chi connectivity index (χ3n) is 5.01. The number of quaternary nitrogens is 1. The number of nitro groups is 1. The Kier molecular flexibility index (Phi) is 6.64. The van der Waals surface area contributed by atoms with Crippen LogP contribution < -0.4 is 9.64 Å². The summed E-state index contributed by atoms with van der Waals surface area (Å²) >= 11 is 0. The molecule has 0 unspecified atom stereocenters. The molecule has 9 nitrogen and oxygen atoms in total. The highest BCUT2D eigenvalue weighted by molar-refractivity contribution is 7.89. The molecule has 0 radical (unpaired) electrons. The molecule has 0 saturated carbocycles. The predicted molar refractivity (Wildman–Crippen MR) is 97.6 cm³/mol. The average molecular weight is 400 g/mol. The van der Waals surface area contributed by atoms with Gasteiger partial charge in [-0.25, -0.2) is 8.42 Å². The topological polar surface area (TPSA) is 103 Å². The number of rotatable bonds is 7. The van der Waals surface area contributed by atoms with E-state index < -0.39 is 14.9 Å². The van der Waals surface area contributed by atoms with Crippen LogP contribution in [0.1, 0.15) is 19.3 Å². The Morgan fingerprint density at radius 1 is 1.19 bits per heavy atom. The normalized spacial score (nSPS) is 19.7. The molecule has 2 fully saturated rings. The number of piperidine rings is 1. The lowest BCUT2D eigenvalue weighted by Gasteiger charge is -2.26. The predicted octanol–water partition coefficient (Wildman–Crippen LogP) is 0.0633. The minimum Gasteiger partial charge on any atom is -0.481 e. The van der Waals surface area contributed by atoms with Crippen LogP contribution in [0.3, 0.4) is 0 Å². The molecule has 0 amide bonds. The van der Waals surface area contributed by atoms with Crippen LogP contribution in [-0.2, 0) is 14.8 Å². The van der Waals surface area contributed by atoms with E-state index in [1.54, 1.807) is 0 Å². The van der Waals surface area contributed by atoms with Crippen molar-refractivity contribution in [2.45, 2.75) is 24.2 Å². The molecule has 2 saturated heterocycles. The number of sulfonamides is 1. The van der Waals surface area contributed by atoms with Crippen LogP contribution in [0.4, 0.5) is 5.69 Å². The minimum absolute atomic E-state index is 0.0925. The molecule has 10 heteroatoms. The number of nitrogens with one attached hydrogen (secondary N) is 1. The summed E-state index contributed by atoms with van der Waals surface area (Å²) in [6, 6.07) is 3.85. The van der Waals surface area contributed by atoms with E-state index in [1.807, 2.05) is 0 Å². The minimum atomic E-state index is -3.78. The highest BCUT2D eigenvalue weighted by atomic mass is 32.2. The van der Waals surface area contributed by atoms with E-state index >= 15 is 0 Å². The Morgan fingerprint density at radius 2 is 1.89 bits per heavy atom. The molecule has 150 valence electrons. The van der Waals surface area contributed by atoms with Crippen LogP contribution in [0.25, 0.3) is 0 Å². The van der Waals surface area contributed by atoms with Gasteiger partial charge in [0, 0.05) is 19.2 Å². The van der Waals surface area contributed by atoms with E-state index in [9.17, 15) is 18.5 Å². The third-order valence-corrected chi connectivity index (χ3v) is 6.90. The largest absolute Gasteiger partial charge is 0.481 e. The van der Waals surface area contributed by atoms with Crippen molar-refractivity contribution in [2.75, 3.05) is 52.5 Å². The first kappa shape index (κ1) is 20.0. The van der Waals surface area contributed by atoms with E-state index in [0.717, 1.165) is 25.7 Å². The van der Waals surface area contributed by atoms with Gasteiger partial charge in [-0.15, -0.1) is 0 Å². The van der Waals surface area contributed by atoms with Crippen LogP contribution in [0, 0.1) is 10.1 Å². The quantitative estimate of drug-likeness (QED) is 0.513. The first-order valence-electron chi connectivity index (χ1n) is 9.31. The number of hydrogen-bond acceptors (Lipinski definition) is 6. The van der Waals surface area contributed by atoms with Crippen LogP contribution in [0.2, 0.25) is 0 Å². The Hall–Kier alpha value is -1.75. The smallest absolute Gasteiger partial charge is 0.312 e. The Bertz CT molecular complexity index is 758. The molecule has 0 aromatic heterocycles. The van der Waals surface area contributed by atoms with Gasteiger partial charge in [-0.3, -0.25) is 10.1 Å². The standard InChI is InChI=1S/C17H25N3O6S/c21-20(22)16-14-15(27(23,24)19-9-11-25-12-10-19)4-5-17(16)26-13-8-18-6-2-1-3-7-18/h4-5,14H,1-3,6-13H2/p+1. The maximum atomic E-state index is 12.7. The summed E-state index contributed by atoms with van der Waals surface area (Å²) in [7, 11) is -3.78. The second-order valence-corrected chi connectivity index (χ2v) is 8.75. The fourth-order valence-corrected chi connectivity index (χ4v) is 4.89. The van der Waals surface area contributed by atoms with E-state index in [0.29, 0.717) is 19.8 Å². The van der Waals surface area contributed by atoms with Crippen LogP contribution in [0.15, 0.2) is 23.1 Å². The maximum absolute atomic E-state index is 12.7. The molecule has 0 bridgehead atoms. The molecule has 1 aromatic carbocycles. The van der Waals surface area contributed by atoms with Crippen molar-refractivity contribution < 1.29 is 27.7 Å². The lowest BCUT2D eigenvalue weighted by Crippen LogP contribution is -3.13. The van der Waals surface area contributed by atoms with Crippen molar-refractivity contribution in [1.82, 2.24) is 4.31 Å². The van der Waals surface area contributed by atoms with E-state index in [-0.39, 0.29) is 29.4 Å². The lowest BCUT2D eigenvalue weighted by atomic mass is 10.1. The summed E-state index contributed by atoms with van der Waals surface area (Å²) in [5.41, 5.74) is -0.321. The highest BCUT2D eigenvalue weighted by Gasteiger charge is 2.29. The highest BCUT2D eigenvalue weighted by Crippen LogP contribution is 2.31. The second kappa shape index (κ2) is 8.96. The molecule has 27 heavy (non-hydrogen) atoms. The molecule has 2 aliphatic heterocycles.